The van der Waals surface area contributed by atoms with E-state index in [-0.39, 0.29) is 18.5 Å². The van der Waals surface area contributed by atoms with Crippen LogP contribution in [0, 0.1) is 0 Å². The van der Waals surface area contributed by atoms with E-state index in [9.17, 15) is 0 Å². The highest BCUT2D eigenvalue weighted by molar-refractivity contribution is 5.85. The highest BCUT2D eigenvalue weighted by Gasteiger charge is 2.10. The topological polar surface area (TPSA) is 44.5 Å². The van der Waals surface area contributed by atoms with E-state index in [0.717, 1.165) is 6.61 Å². The fourth-order valence-corrected chi connectivity index (χ4v) is 0.673. The molecule has 2 N–H and O–H groups in total. The van der Waals surface area contributed by atoms with Gasteiger partial charge >= 0.3 is 0 Å². The smallest absolute Gasteiger partial charge is 0.0931 e. The zero-order valence-corrected chi connectivity index (χ0v) is 6.02. The molecule has 56 valence electrons. The number of rotatable bonds is 1. The van der Waals surface area contributed by atoms with Crippen LogP contribution in [0.3, 0.4) is 0 Å². The summed E-state index contributed by atoms with van der Waals surface area (Å²) in [6.07, 6.45) is 0.142. The highest BCUT2D eigenvalue weighted by Crippen LogP contribution is 1.96. The van der Waals surface area contributed by atoms with E-state index in [0.29, 0.717) is 19.8 Å². The summed E-state index contributed by atoms with van der Waals surface area (Å²) in [6, 6.07) is 0. The van der Waals surface area contributed by atoms with Crippen LogP contribution < -0.4 is 5.73 Å². The van der Waals surface area contributed by atoms with E-state index in [4.69, 9.17) is 15.2 Å². The zero-order valence-electron chi connectivity index (χ0n) is 5.21. The molecule has 0 bridgehead atoms. The lowest BCUT2D eigenvalue weighted by Crippen LogP contribution is -2.34. The molecule has 0 amide bonds. The summed E-state index contributed by atoms with van der Waals surface area (Å²) >= 11 is 0. The van der Waals surface area contributed by atoms with Crippen LogP contribution in [0.4, 0.5) is 0 Å². The molecule has 1 heterocycles. The molecule has 4 heteroatoms. The van der Waals surface area contributed by atoms with Crippen LogP contribution in [0.2, 0.25) is 0 Å². The van der Waals surface area contributed by atoms with Crippen molar-refractivity contribution in [3.63, 3.8) is 0 Å². The summed E-state index contributed by atoms with van der Waals surface area (Å²) in [4.78, 5) is 0. The summed E-state index contributed by atoms with van der Waals surface area (Å²) in [5.74, 6) is 0. The van der Waals surface area contributed by atoms with E-state index >= 15 is 0 Å². The van der Waals surface area contributed by atoms with Crippen molar-refractivity contribution >= 4 is 12.4 Å². The molecule has 1 rings (SSSR count). The average molecular weight is 154 g/mol. The van der Waals surface area contributed by atoms with Gasteiger partial charge in [-0.2, -0.15) is 0 Å². The molecule has 0 aromatic rings. The molecule has 0 aromatic heterocycles. The Balaban J connectivity index is 0.000000640. The Morgan fingerprint density at radius 2 is 2.22 bits per heavy atom. The van der Waals surface area contributed by atoms with Crippen LogP contribution in [0.25, 0.3) is 0 Å². The normalized spacial score (nSPS) is 27.0. The first-order valence-corrected chi connectivity index (χ1v) is 2.83. The molecule has 0 saturated carbocycles. The number of hydrogen-bond donors (Lipinski definition) is 1. The molecule has 0 aliphatic carbocycles. The van der Waals surface area contributed by atoms with Gasteiger partial charge in [0, 0.05) is 6.54 Å². The number of halogens is 1. The van der Waals surface area contributed by atoms with Crippen LogP contribution in [0.1, 0.15) is 0 Å². The lowest BCUT2D eigenvalue weighted by molar-refractivity contribution is -0.0834. The lowest BCUT2D eigenvalue weighted by Gasteiger charge is -2.20. The van der Waals surface area contributed by atoms with Gasteiger partial charge in [0.2, 0.25) is 0 Å². The highest BCUT2D eigenvalue weighted by atomic mass is 35.5. The summed E-state index contributed by atoms with van der Waals surface area (Å²) < 4.78 is 10.2. The van der Waals surface area contributed by atoms with Crippen molar-refractivity contribution in [2.24, 2.45) is 5.73 Å². The van der Waals surface area contributed by atoms with Crippen molar-refractivity contribution in [1.29, 1.82) is 0 Å². The van der Waals surface area contributed by atoms with Gasteiger partial charge in [-0.25, -0.2) is 0 Å². The Kier molecular flexibility index (Phi) is 5.09. The molecule has 1 fully saturated rings. The first-order valence-electron chi connectivity index (χ1n) is 2.83. The van der Waals surface area contributed by atoms with Crippen molar-refractivity contribution in [2.45, 2.75) is 6.10 Å². The predicted octanol–water partition coefficient (Wildman–Crippen LogP) is -0.218. The number of nitrogens with two attached hydrogens (primary N) is 1. The fraction of sp³-hybridized carbons (Fsp3) is 1.00. The van der Waals surface area contributed by atoms with Gasteiger partial charge in [-0.3, -0.25) is 0 Å². The molecule has 9 heavy (non-hydrogen) atoms. The molecule has 3 nitrogen and oxygen atoms in total. The molecule has 0 radical (unpaired) electrons. The van der Waals surface area contributed by atoms with Crippen molar-refractivity contribution < 1.29 is 9.47 Å². The van der Waals surface area contributed by atoms with Gasteiger partial charge in [-0.15, -0.1) is 12.4 Å². The van der Waals surface area contributed by atoms with Crippen LogP contribution in [-0.2, 0) is 9.47 Å². The molecular weight excluding hydrogens is 142 g/mol. The van der Waals surface area contributed by atoms with Gasteiger partial charge in [-0.1, -0.05) is 0 Å². The molecule has 0 spiro atoms. The Morgan fingerprint density at radius 3 is 2.56 bits per heavy atom. The maximum absolute atomic E-state index is 5.30. The second kappa shape index (κ2) is 4.99. The van der Waals surface area contributed by atoms with Gasteiger partial charge < -0.3 is 15.2 Å². The number of ether oxygens (including phenoxy) is 2. The molecule has 1 aliphatic heterocycles. The van der Waals surface area contributed by atoms with Gasteiger partial charge in [0.1, 0.15) is 0 Å². The third kappa shape index (κ3) is 3.01. The van der Waals surface area contributed by atoms with E-state index in [1.165, 1.54) is 0 Å². The fourth-order valence-electron chi connectivity index (χ4n) is 0.673. The van der Waals surface area contributed by atoms with E-state index in [2.05, 4.69) is 0 Å². The quantitative estimate of drug-likeness (QED) is 0.567. The predicted molar refractivity (Wildman–Crippen MR) is 36.9 cm³/mol. The monoisotopic (exact) mass is 153 g/mol. The summed E-state index contributed by atoms with van der Waals surface area (Å²) in [6.45, 7) is 2.65. The Hall–Kier alpha value is 0.170. The van der Waals surface area contributed by atoms with Crippen molar-refractivity contribution in [1.82, 2.24) is 0 Å². The van der Waals surface area contributed by atoms with Crippen LogP contribution >= 0.6 is 12.4 Å². The summed E-state index contributed by atoms with van der Waals surface area (Å²) in [5.41, 5.74) is 5.30. The third-order valence-electron chi connectivity index (χ3n) is 1.15. The van der Waals surface area contributed by atoms with Crippen LogP contribution in [-0.4, -0.2) is 32.5 Å². The minimum atomic E-state index is 0. The van der Waals surface area contributed by atoms with Crippen molar-refractivity contribution in [3.05, 3.63) is 0 Å². The zero-order chi connectivity index (χ0) is 5.82. The molecule has 1 saturated heterocycles. The van der Waals surface area contributed by atoms with Crippen molar-refractivity contribution in [3.8, 4) is 0 Å². The van der Waals surface area contributed by atoms with Gasteiger partial charge in [-0.05, 0) is 0 Å². The standard InChI is InChI=1S/C5H11NO2.ClH/c6-3-5-4-7-1-2-8-5;/h5H,1-4,6H2;1H/t5-;/m1./s1. The summed E-state index contributed by atoms with van der Waals surface area (Å²) in [7, 11) is 0. The van der Waals surface area contributed by atoms with E-state index < -0.39 is 0 Å². The average Bonchev–Trinajstić information content (AvgIpc) is 1.90. The van der Waals surface area contributed by atoms with E-state index in [1.54, 1.807) is 0 Å². The largest absolute Gasteiger partial charge is 0.376 e. The molecule has 1 aliphatic rings. The Morgan fingerprint density at radius 1 is 1.44 bits per heavy atom. The number of hydrogen-bond acceptors (Lipinski definition) is 3. The van der Waals surface area contributed by atoms with Crippen molar-refractivity contribution in [2.75, 3.05) is 26.4 Å². The van der Waals surface area contributed by atoms with E-state index in [1.807, 2.05) is 0 Å². The van der Waals surface area contributed by atoms with Gasteiger partial charge in [0.05, 0.1) is 25.9 Å². The third-order valence-corrected chi connectivity index (χ3v) is 1.15. The second-order valence-electron chi connectivity index (χ2n) is 1.80. The molecule has 0 unspecified atom stereocenters. The lowest BCUT2D eigenvalue weighted by atomic mass is 10.3. The molecular formula is C5H12ClNO2. The minimum absolute atomic E-state index is 0. The SMILES string of the molecule is Cl.NC[C@@H]1COCCO1. The Labute approximate surface area is 60.9 Å². The van der Waals surface area contributed by atoms with Gasteiger partial charge in [0.15, 0.2) is 0 Å². The maximum atomic E-state index is 5.30. The molecule has 0 aromatic carbocycles. The molecule has 1 atom stereocenters. The second-order valence-corrected chi connectivity index (χ2v) is 1.80. The minimum Gasteiger partial charge on any atom is -0.376 e. The first kappa shape index (κ1) is 9.17. The van der Waals surface area contributed by atoms with Crippen LogP contribution in [0.15, 0.2) is 0 Å². The first-order chi connectivity index (χ1) is 3.93. The Bertz CT molecular complexity index is 66.0. The van der Waals surface area contributed by atoms with Crippen LogP contribution in [0.5, 0.6) is 0 Å². The summed E-state index contributed by atoms with van der Waals surface area (Å²) in [5, 5.41) is 0. The maximum Gasteiger partial charge on any atom is 0.0931 e. The van der Waals surface area contributed by atoms with Gasteiger partial charge in [0.25, 0.3) is 0 Å².